The predicted octanol–water partition coefficient (Wildman–Crippen LogP) is 5.23. The van der Waals surface area contributed by atoms with Crippen LogP contribution in [0, 0.1) is 0 Å². The van der Waals surface area contributed by atoms with Crippen molar-refractivity contribution in [2.75, 3.05) is 0 Å². The number of pyridine rings is 3. The summed E-state index contributed by atoms with van der Waals surface area (Å²) in [6.07, 6.45) is 7.22. The van der Waals surface area contributed by atoms with Crippen LogP contribution in [-0.4, -0.2) is 30.1 Å². The SMILES string of the molecule is c1ccc(-c2cccc3[nH]c(-c4[nH]nc5ncc(-c6ccncc6)cc45)cc23)nc1. The van der Waals surface area contributed by atoms with Gasteiger partial charge in [-0.15, -0.1) is 0 Å². The maximum atomic E-state index is 4.54. The van der Waals surface area contributed by atoms with Crippen molar-refractivity contribution < 1.29 is 0 Å². The maximum absolute atomic E-state index is 4.54. The third-order valence-corrected chi connectivity index (χ3v) is 5.30. The van der Waals surface area contributed by atoms with Crippen LogP contribution in [0.5, 0.6) is 0 Å². The maximum Gasteiger partial charge on any atom is 0.181 e. The standard InChI is InChI=1S/C24H16N6/c1-2-9-26-20(5-1)17-4-3-6-21-18(17)13-22(28-21)23-19-12-16(14-27-24(19)30-29-23)15-7-10-25-11-8-15/h1-14,28H,(H,27,29,30). The highest BCUT2D eigenvalue weighted by atomic mass is 15.2. The van der Waals surface area contributed by atoms with Crippen molar-refractivity contribution in [2.24, 2.45) is 0 Å². The van der Waals surface area contributed by atoms with Gasteiger partial charge in [-0.05, 0) is 48.0 Å². The Morgan fingerprint density at radius 1 is 0.733 bits per heavy atom. The number of benzene rings is 1. The van der Waals surface area contributed by atoms with E-state index in [9.17, 15) is 0 Å². The van der Waals surface area contributed by atoms with Gasteiger partial charge in [0.2, 0.25) is 0 Å². The second-order valence-electron chi connectivity index (χ2n) is 7.09. The van der Waals surface area contributed by atoms with Gasteiger partial charge in [0.05, 0.1) is 17.1 Å². The lowest BCUT2D eigenvalue weighted by Gasteiger charge is -2.01. The minimum atomic E-state index is 0.686. The molecule has 0 aliphatic heterocycles. The molecule has 0 unspecified atom stereocenters. The molecule has 2 N–H and O–H groups in total. The fourth-order valence-electron chi connectivity index (χ4n) is 3.84. The van der Waals surface area contributed by atoms with E-state index in [0.29, 0.717) is 5.65 Å². The third-order valence-electron chi connectivity index (χ3n) is 5.30. The second-order valence-corrected chi connectivity index (χ2v) is 7.09. The number of nitrogens with zero attached hydrogens (tertiary/aromatic N) is 4. The summed E-state index contributed by atoms with van der Waals surface area (Å²) in [5, 5.41) is 9.64. The fourth-order valence-corrected chi connectivity index (χ4v) is 3.84. The fraction of sp³-hybridized carbons (Fsp3) is 0. The zero-order valence-corrected chi connectivity index (χ0v) is 15.9. The second kappa shape index (κ2) is 6.63. The summed E-state index contributed by atoms with van der Waals surface area (Å²) in [5.74, 6) is 0. The molecule has 5 aromatic heterocycles. The number of rotatable bonds is 3. The Labute approximate surface area is 171 Å². The van der Waals surface area contributed by atoms with Gasteiger partial charge in [-0.2, -0.15) is 5.10 Å². The summed E-state index contributed by atoms with van der Waals surface area (Å²) in [4.78, 5) is 16.7. The van der Waals surface area contributed by atoms with Crippen molar-refractivity contribution in [2.45, 2.75) is 0 Å². The first kappa shape index (κ1) is 16.6. The molecule has 6 heteroatoms. The van der Waals surface area contributed by atoms with Gasteiger partial charge in [-0.1, -0.05) is 18.2 Å². The van der Waals surface area contributed by atoms with E-state index in [0.717, 1.165) is 50.1 Å². The topological polar surface area (TPSA) is 83.1 Å². The van der Waals surface area contributed by atoms with E-state index in [1.54, 1.807) is 12.4 Å². The van der Waals surface area contributed by atoms with Crippen molar-refractivity contribution in [3.05, 3.63) is 85.5 Å². The Hall–Kier alpha value is -4.32. The zero-order valence-electron chi connectivity index (χ0n) is 15.9. The van der Waals surface area contributed by atoms with Gasteiger partial charge in [-0.25, -0.2) is 4.98 Å². The first-order valence-corrected chi connectivity index (χ1v) is 9.65. The molecule has 142 valence electrons. The number of fused-ring (bicyclic) bond motifs is 2. The van der Waals surface area contributed by atoms with Crippen LogP contribution in [-0.2, 0) is 0 Å². The van der Waals surface area contributed by atoms with Crippen LogP contribution in [0.2, 0.25) is 0 Å². The molecular formula is C24H16N6. The highest BCUT2D eigenvalue weighted by Crippen LogP contribution is 2.34. The molecule has 1 aromatic carbocycles. The molecule has 5 heterocycles. The average Bonchev–Trinajstić information content (AvgIpc) is 3.43. The van der Waals surface area contributed by atoms with Gasteiger partial charge in [0.1, 0.15) is 0 Å². The minimum absolute atomic E-state index is 0.686. The molecule has 0 saturated carbocycles. The molecule has 6 nitrogen and oxygen atoms in total. The third kappa shape index (κ3) is 2.66. The summed E-state index contributed by atoms with van der Waals surface area (Å²) in [7, 11) is 0. The molecule has 0 bridgehead atoms. The van der Waals surface area contributed by atoms with E-state index < -0.39 is 0 Å². The van der Waals surface area contributed by atoms with E-state index >= 15 is 0 Å². The quantitative estimate of drug-likeness (QED) is 0.435. The molecule has 0 atom stereocenters. The summed E-state index contributed by atoms with van der Waals surface area (Å²) < 4.78 is 0. The first-order valence-electron chi connectivity index (χ1n) is 9.65. The molecule has 0 saturated heterocycles. The molecular weight excluding hydrogens is 372 g/mol. The zero-order chi connectivity index (χ0) is 19.9. The molecule has 6 rings (SSSR count). The van der Waals surface area contributed by atoms with Gasteiger partial charge in [-0.3, -0.25) is 15.1 Å². The summed E-state index contributed by atoms with van der Waals surface area (Å²) in [6, 6.07) is 20.4. The number of aromatic amines is 2. The number of hydrogen-bond acceptors (Lipinski definition) is 4. The molecule has 0 aliphatic rings. The Bertz CT molecular complexity index is 1480. The molecule has 0 aliphatic carbocycles. The Morgan fingerprint density at radius 3 is 2.53 bits per heavy atom. The molecule has 0 amide bonds. The molecule has 6 aromatic rings. The van der Waals surface area contributed by atoms with Crippen molar-refractivity contribution in [1.29, 1.82) is 0 Å². The van der Waals surface area contributed by atoms with Crippen LogP contribution in [0.3, 0.4) is 0 Å². The Kier molecular flexibility index (Phi) is 3.67. The van der Waals surface area contributed by atoms with E-state index in [-0.39, 0.29) is 0 Å². The molecule has 0 fully saturated rings. The minimum Gasteiger partial charge on any atom is -0.353 e. The predicted molar refractivity (Wildman–Crippen MR) is 118 cm³/mol. The van der Waals surface area contributed by atoms with Gasteiger partial charge in [0.15, 0.2) is 5.65 Å². The van der Waals surface area contributed by atoms with E-state index in [2.05, 4.69) is 54.4 Å². The Morgan fingerprint density at radius 2 is 1.67 bits per heavy atom. The van der Waals surface area contributed by atoms with Crippen molar-refractivity contribution in [1.82, 2.24) is 30.1 Å². The smallest absolute Gasteiger partial charge is 0.181 e. The van der Waals surface area contributed by atoms with Crippen LogP contribution < -0.4 is 0 Å². The highest BCUT2D eigenvalue weighted by Gasteiger charge is 2.14. The number of H-pyrrole nitrogens is 2. The van der Waals surface area contributed by atoms with Crippen molar-refractivity contribution in [3.63, 3.8) is 0 Å². The summed E-state index contributed by atoms with van der Waals surface area (Å²) >= 11 is 0. The van der Waals surface area contributed by atoms with Crippen LogP contribution in [0.15, 0.2) is 85.5 Å². The average molecular weight is 388 g/mol. The summed E-state index contributed by atoms with van der Waals surface area (Å²) in [6.45, 7) is 0. The lowest BCUT2D eigenvalue weighted by atomic mass is 10.1. The lowest BCUT2D eigenvalue weighted by molar-refractivity contribution is 1.10. The van der Waals surface area contributed by atoms with Crippen molar-refractivity contribution in [3.8, 4) is 33.8 Å². The number of hydrogen-bond donors (Lipinski definition) is 2. The normalized spacial score (nSPS) is 11.3. The van der Waals surface area contributed by atoms with Gasteiger partial charge >= 0.3 is 0 Å². The number of aromatic nitrogens is 6. The van der Waals surface area contributed by atoms with Gasteiger partial charge in [0, 0.05) is 52.2 Å². The van der Waals surface area contributed by atoms with E-state index in [1.165, 1.54) is 0 Å². The molecule has 0 spiro atoms. The van der Waals surface area contributed by atoms with Crippen LogP contribution in [0.4, 0.5) is 0 Å². The van der Waals surface area contributed by atoms with Crippen LogP contribution >= 0.6 is 0 Å². The largest absolute Gasteiger partial charge is 0.353 e. The van der Waals surface area contributed by atoms with Crippen LogP contribution in [0.25, 0.3) is 55.7 Å². The monoisotopic (exact) mass is 388 g/mol. The number of nitrogens with one attached hydrogen (secondary N) is 2. The highest BCUT2D eigenvalue weighted by molar-refractivity contribution is 6.00. The Balaban J connectivity index is 1.52. The van der Waals surface area contributed by atoms with E-state index in [1.807, 2.05) is 48.8 Å². The van der Waals surface area contributed by atoms with Crippen molar-refractivity contribution >= 4 is 21.9 Å². The molecule has 0 radical (unpaired) electrons. The lowest BCUT2D eigenvalue weighted by Crippen LogP contribution is -1.83. The van der Waals surface area contributed by atoms with E-state index in [4.69, 9.17) is 0 Å². The van der Waals surface area contributed by atoms with Crippen LogP contribution in [0.1, 0.15) is 0 Å². The summed E-state index contributed by atoms with van der Waals surface area (Å²) in [5.41, 5.74) is 7.75. The first-order chi connectivity index (χ1) is 14.9. The molecule has 30 heavy (non-hydrogen) atoms. The van der Waals surface area contributed by atoms with Gasteiger partial charge in [0.25, 0.3) is 0 Å². The van der Waals surface area contributed by atoms with Gasteiger partial charge < -0.3 is 4.98 Å².